The first kappa shape index (κ1) is 21.4. The normalized spacial score (nSPS) is 15.0. The van der Waals surface area contributed by atoms with Crippen molar-refractivity contribution >= 4 is 35.0 Å². The molecule has 1 aliphatic rings. The van der Waals surface area contributed by atoms with Gasteiger partial charge in [-0.3, -0.25) is 14.5 Å². The maximum atomic E-state index is 13.1. The van der Waals surface area contributed by atoms with Crippen LogP contribution in [0.2, 0.25) is 0 Å². The van der Waals surface area contributed by atoms with Crippen LogP contribution in [0.3, 0.4) is 0 Å². The third-order valence-electron chi connectivity index (χ3n) is 4.04. The highest BCUT2D eigenvalue weighted by molar-refractivity contribution is 8.18. The molecule has 0 atom stereocenters. The van der Waals surface area contributed by atoms with Gasteiger partial charge in [-0.05, 0) is 60.2 Å². The Kier molecular flexibility index (Phi) is 6.73. The third kappa shape index (κ3) is 5.18. The number of hydrogen-bond donors (Lipinski definition) is 1. The summed E-state index contributed by atoms with van der Waals surface area (Å²) in [5.41, 5.74) is 1.23. The lowest BCUT2D eigenvalue weighted by Crippen LogP contribution is -2.27. The van der Waals surface area contributed by atoms with Crippen molar-refractivity contribution in [3.63, 3.8) is 0 Å². The quantitative estimate of drug-likeness (QED) is 0.633. The molecule has 2 aromatic carbocycles. The van der Waals surface area contributed by atoms with Gasteiger partial charge in [0.15, 0.2) is 18.1 Å². The van der Waals surface area contributed by atoms with E-state index < -0.39 is 29.5 Å². The van der Waals surface area contributed by atoms with Gasteiger partial charge in [-0.1, -0.05) is 18.2 Å². The SMILES string of the molecule is CCOc1cc(/C=C2\SC(=O)N(Cc3ccc(F)cc3)C2=O)ccc1OCC(=O)O. The van der Waals surface area contributed by atoms with Crippen LogP contribution in [0.15, 0.2) is 47.4 Å². The number of imide groups is 1. The van der Waals surface area contributed by atoms with Crippen molar-refractivity contribution in [3.05, 3.63) is 64.3 Å². The predicted octanol–water partition coefficient (Wildman–Crippen LogP) is 3.92. The van der Waals surface area contributed by atoms with E-state index in [1.807, 2.05) is 0 Å². The number of carboxylic acids is 1. The van der Waals surface area contributed by atoms with Crippen LogP contribution in [0.5, 0.6) is 11.5 Å². The molecule has 30 heavy (non-hydrogen) atoms. The molecule has 2 amide bonds. The molecule has 0 saturated carbocycles. The lowest BCUT2D eigenvalue weighted by molar-refractivity contribution is -0.139. The molecule has 0 aromatic heterocycles. The molecule has 1 fully saturated rings. The Labute approximate surface area is 176 Å². The zero-order valence-electron chi connectivity index (χ0n) is 16.0. The third-order valence-corrected chi connectivity index (χ3v) is 4.95. The summed E-state index contributed by atoms with van der Waals surface area (Å²) in [7, 11) is 0. The van der Waals surface area contributed by atoms with Gasteiger partial charge in [0.05, 0.1) is 18.1 Å². The number of thioether (sulfide) groups is 1. The molecule has 1 N–H and O–H groups in total. The lowest BCUT2D eigenvalue weighted by atomic mass is 10.1. The molecule has 0 unspecified atom stereocenters. The van der Waals surface area contributed by atoms with Crippen LogP contribution in [-0.2, 0) is 16.1 Å². The number of hydrogen-bond acceptors (Lipinski definition) is 6. The second-order valence-electron chi connectivity index (χ2n) is 6.22. The molecule has 3 rings (SSSR count). The molecule has 0 radical (unpaired) electrons. The van der Waals surface area contributed by atoms with E-state index >= 15 is 0 Å². The molecular formula is C21H18FNO6S. The zero-order valence-corrected chi connectivity index (χ0v) is 16.8. The van der Waals surface area contributed by atoms with Crippen molar-refractivity contribution in [1.29, 1.82) is 0 Å². The maximum Gasteiger partial charge on any atom is 0.341 e. The molecule has 0 aliphatic carbocycles. The predicted molar refractivity (Wildman–Crippen MR) is 109 cm³/mol. The highest BCUT2D eigenvalue weighted by Gasteiger charge is 2.35. The van der Waals surface area contributed by atoms with Gasteiger partial charge in [-0.25, -0.2) is 9.18 Å². The minimum atomic E-state index is -1.11. The number of aliphatic carboxylic acids is 1. The van der Waals surface area contributed by atoms with Gasteiger partial charge in [-0.15, -0.1) is 0 Å². The Balaban J connectivity index is 1.79. The zero-order chi connectivity index (χ0) is 21.7. The Morgan fingerprint density at radius 3 is 2.53 bits per heavy atom. The maximum absolute atomic E-state index is 13.1. The molecular weight excluding hydrogens is 413 g/mol. The number of carboxylic acid groups (broad SMARTS) is 1. The van der Waals surface area contributed by atoms with E-state index in [-0.39, 0.29) is 17.2 Å². The highest BCUT2D eigenvalue weighted by Crippen LogP contribution is 2.35. The lowest BCUT2D eigenvalue weighted by Gasteiger charge is -2.12. The van der Waals surface area contributed by atoms with Crippen LogP contribution in [0.4, 0.5) is 9.18 Å². The van der Waals surface area contributed by atoms with Gasteiger partial charge in [0, 0.05) is 0 Å². The van der Waals surface area contributed by atoms with E-state index in [0.29, 0.717) is 23.5 Å². The van der Waals surface area contributed by atoms with Crippen molar-refractivity contribution in [2.75, 3.05) is 13.2 Å². The van der Waals surface area contributed by atoms with Crippen molar-refractivity contribution in [1.82, 2.24) is 4.90 Å². The first-order valence-corrected chi connectivity index (χ1v) is 9.80. The summed E-state index contributed by atoms with van der Waals surface area (Å²) in [6.45, 7) is 1.64. The average Bonchev–Trinajstić information content (AvgIpc) is 2.96. The number of rotatable bonds is 8. The number of amides is 2. The Morgan fingerprint density at radius 2 is 1.87 bits per heavy atom. The topological polar surface area (TPSA) is 93.1 Å². The van der Waals surface area contributed by atoms with Crippen LogP contribution < -0.4 is 9.47 Å². The Bertz CT molecular complexity index is 1010. The fourth-order valence-electron chi connectivity index (χ4n) is 2.70. The summed E-state index contributed by atoms with van der Waals surface area (Å²) in [6, 6.07) is 10.4. The van der Waals surface area contributed by atoms with Crippen LogP contribution >= 0.6 is 11.8 Å². The molecule has 1 saturated heterocycles. The standard InChI is InChI=1S/C21H18FNO6S/c1-2-28-17-9-14(5-8-16(17)29-12-19(24)25)10-18-20(26)23(21(27)30-18)11-13-3-6-15(22)7-4-13/h3-10H,2,11-12H2,1H3,(H,24,25)/b18-10-. The minimum Gasteiger partial charge on any atom is -0.490 e. The van der Waals surface area contributed by atoms with Gasteiger partial charge in [-0.2, -0.15) is 0 Å². The molecule has 1 heterocycles. The first-order chi connectivity index (χ1) is 14.4. The van der Waals surface area contributed by atoms with Crippen LogP contribution in [0.1, 0.15) is 18.1 Å². The first-order valence-electron chi connectivity index (χ1n) is 8.98. The fraction of sp³-hybridized carbons (Fsp3) is 0.190. The van der Waals surface area contributed by atoms with Crippen LogP contribution in [-0.4, -0.2) is 40.3 Å². The van der Waals surface area contributed by atoms with E-state index in [9.17, 15) is 18.8 Å². The van der Waals surface area contributed by atoms with Crippen molar-refractivity contribution < 1.29 is 33.4 Å². The molecule has 2 aromatic rings. The molecule has 0 spiro atoms. The molecule has 7 nitrogen and oxygen atoms in total. The van der Waals surface area contributed by atoms with E-state index in [2.05, 4.69) is 0 Å². The second kappa shape index (κ2) is 9.45. The van der Waals surface area contributed by atoms with Gasteiger partial charge in [0.2, 0.25) is 0 Å². The van der Waals surface area contributed by atoms with E-state index in [4.69, 9.17) is 14.6 Å². The molecule has 156 valence electrons. The van der Waals surface area contributed by atoms with Crippen molar-refractivity contribution in [2.45, 2.75) is 13.5 Å². The number of benzene rings is 2. The number of ether oxygens (including phenoxy) is 2. The summed E-state index contributed by atoms with van der Waals surface area (Å²) < 4.78 is 23.7. The number of carbonyl (C=O) groups excluding carboxylic acids is 2. The number of halogens is 1. The van der Waals surface area contributed by atoms with Gasteiger partial charge in [0.25, 0.3) is 11.1 Å². The second-order valence-corrected chi connectivity index (χ2v) is 7.21. The summed E-state index contributed by atoms with van der Waals surface area (Å²) in [6.07, 6.45) is 1.55. The van der Waals surface area contributed by atoms with Gasteiger partial charge >= 0.3 is 5.97 Å². The largest absolute Gasteiger partial charge is 0.490 e. The Morgan fingerprint density at radius 1 is 1.13 bits per heavy atom. The monoisotopic (exact) mass is 431 g/mol. The van der Waals surface area contributed by atoms with Crippen molar-refractivity contribution in [2.24, 2.45) is 0 Å². The molecule has 9 heteroatoms. The van der Waals surface area contributed by atoms with Crippen molar-refractivity contribution in [3.8, 4) is 11.5 Å². The van der Waals surface area contributed by atoms with E-state index in [1.54, 1.807) is 31.2 Å². The Hall–Kier alpha value is -3.33. The smallest absolute Gasteiger partial charge is 0.341 e. The molecule has 0 bridgehead atoms. The number of nitrogens with zero attached hydrogens (tertiary/aromatic N) is 1. The van der Waals surface area contributed by atoms with Gasteiger partial charge in [0.1, 0.15) is 5.82 Å². The summed E-state index contributed by atoms with van der Waals surface area (Å²) in [5.74, 6) is -1.36. The molecule has 1 aliphatic heterocycles. The van der Waals surface area contributed by atoms with Crippen LogP contribution in [0.25, 0.3) is 6.08 Å². The summed E-state index contributed by atoms with van der Waals surface area (Å²) >= 11 is 0.811. The van der Waals surface area contributed by atoms with Gasteiger partial charge < -0.3 is 14.6 Å². The van der Waals surface area contributed by atoms with Crippen LogP contribution in [0, 0.1) is 5.82 Å². The van der Waals surface area contributed by atoms with E-state index in [0.717, 1.165) is 16.7 Å². The highest BCUT2D eigenvalue weighted by atomic mass is 32.2. The van der Waals surface area contributed by atoms with E-state index in [1.165, 1.54) is 24.3 Å². The summed E-state index contributed by atoms with van der Waals surface area (Å²) in [4.78, 5) is 37.0. The summed E-state index contributed by atoms with van der Waals surface area (Å²) in [5, 5.41) is 8.35. The minimum absolute atomic E-state index is 0.0500. The average molecular weight is 431 g/mol. The fourth-order valence-corrected chi connectivity index (χ4v) is 3.54. The number of carbonyl (C=O) groups is 3.